The first-order valence-corrected chi connectivity index (χ1v) is 33.6. The summed E-state index contributed by atoms with van der Waals surface area (Å²) in [6.45, 7) is 19.2. The Labute approximate surface area is 513 Å². The Kier molecular flexibility index (Phi) is 19.5. The van der Waals surface area contributed by atoms with Crippen LogP contribution in [0.4, 0.5) is 39.8 Å². The second kappa shape index (κ2) is 27.7. The number of fused-ring (bicyclic) bond motifs is 5. The molecule has 8 aromatic rings. The number of unbranched alkanes of at least 4 members (excludes halogenated alkanes) is 13. The second-order valence-electron chi connectivity index (χ2n) is 26.5. The van der Waals surface area contributed by atoms with Crippen LogP contribution in [0.1, 0.15) is 206 Å². The molecule has 0 fully saturated rings. The number of nitrogens with one attached hydrogen (secondary N) is 1. The summed E-state index contributed by atoms with van der Waals surface area (Å²) in [5.74, 6) is 0. The van der Waals surface area contributed by atoms with Crippen molar-refractivity contribution in [2.45, 2.75) is 215 Å². The van der Waals surface area contributed by atoms with E-state index in [0.29, 0.717) is 0 Å². The molecule has 0 atom stereocenters. The van der Waals surface area contributed by atoms with Gasteiger partial charge in [0.25, 0.3) is 0 Å². The van der Waals surface area contributed by atoms with Gasteiger partial charge in [-0.05, 0) is 258 Å². The van der Waals surface area contributed by atoms with Crippen molar-refractivity contribution in [3.05, 3.63) is 229 Å². The van der Waals surface area contributed by atoms with Crippen molar-refractivity contribution in [3.8, 4) is 11.1 Å². The van der Waals surface area contributed by atoms with E-state index in [4.69, 9.17) is 0 Å². The number of nitrogens with zero attached hydrogens (tertiary/aromatic N) is 2. The van der Waals surface area contributed by atoms with Crippen molar-refractivity contribution >= 4 is 39.8 Å². The van der Waals surface area contributed by atoms with E-state index in [0.717, 1.165) is 19.4 Å². The number of aryl methyl sites for hydroxylation is 13. The van der Waals surface area contributed by atoms with E-state index in [2.05, 4.69) is 216 Å². The Morgan fingerprint density at radius 2 is 0.753 bits per heavy atom. The summed E-state index contributed by atoms with van der Waals surface area (Å²) in [5.41, 5.74) is 32.9. The van der Waals surface area contributed by atoms with Gasteiger partial charge in [-0.1, -0.05) is 192 Å². The zero-order chi connectivity index (χ0) is 58.9. The minimum absolute atomic E-state index is 0.161. The fraction of sp³-hybridized carbons (Fsp3) is 0.415. The first kappa shape index (κ1) is 59.9. The molecule has 3 aliphatic carbocycles. The molecule has 85 heavy (non-hydrogen) atoms. The summed E-state index contributed by atoms with van der Waals surface area (Å²) >= 11 is 0. The Balaban J connectivity index is 0.956. The van der Waals surface area contributed by atoms with Crippen LogP contribution in [0.2, 0.25) is 0 Å². The van der Waals surface area contributed by atoms with E-state index >= 15 is 0 Å². The highest BCUT2D eigenvalue weighted by molar-refractivity contribution is 5.90. The van der Waals surface area contributed by atoms with Crippen LogP contribution in [0, 0.1) is 48.5 Å². The largest absolute Gasteiger partial charge is 0.385 e. The molecule has 0 radical (unpaired) electrons. The predicted octanol–water partition coefficient (Wildman–Crippen LogP) is 23.2. The van der Waals surface area contributed by atoms with Gasteiger partial charge in [0.15, 0.2) is 0 Å². The Hall–Kier alpha value is -6.84. The molecule has 3 nitrogen and oxygen atoms in total. The van der Waals surface area contributed by atoms with Crippen LogP contribution in [0.25, 0.3) is 11.1 Å². The third kappa shape index (κ3) is 13.7. The lowest BCUT2D eigenvalue weighted by Gasteiger charge is -2.36. The maximum Gasteiger partial charge on any atom is 0.0521 e. The summed E-state index contributed by atoms with van der Waals surface area (Å²) < 4.78 is 0. The standard InChI is InChI=1S/C82H99N3/c1-9-10-11-24-49-83-71-52-63(7)81(64(8)53-71)85(73-41-29-59(3)30-42-73)75-44-46-77-76-45-43-74(84(72-39-27-58(2)28-40-72)80-61(5)50-60(4)51-62(80)6)56-78(76)82(79(77)57-75,47-22-18-14-12-16-20-25-65-31-33-67-35-37-69(67)54-65)48-23-19-15-13-17-21-26-66-32-34-68-36-38-70(68)55-66/h27-34,39-46,50-57,83H,9-26,35-38,47-49H2,1-8H3. The van der Waals surface area contributed by atoms with Crippen molar-refractivity contribution in [3.63, 3.8) is 0 Å². The zero-order valence-electron chi connectivity index (χ0n) is 53.4. The molecule has 1 N–H and O–H groups in total. The molecule has 8 aromatic carbocycles. The number of anilines is 7. The minimum atomic E-state index is -0.161. The topological polar surface area (TPSA) is 18.5 Å². The lowest BCUT2D eigenvalue weighted by atomic mass is 9.70. The van der Waals surface area contributed by atoms with Gasteiger partial charge in [0.05, 0.1) is 11.4 Å². The number of rotatable bonds is 30. The molecule has 0 bridgehead atoms. The summed E-state index contributed by atoms with van der Waals surface area (Å²) in [7, 11) is 0. The second-order valence-corrected chi connectivity index (χ2v) is 26.5. The molecular weight excluding hydrogens is 1030 g/mol. The maximum absolute atomic E-state index is 3.82. The fourth-order valence-electron chi connectivity index (χ4n) is 15.1. The van der Waals surface area contributed by atoms with Crippen LogP contribution >= 0.6 is 0 Å². The molecule has 11 rings (SSSR count). The Morgan fingerprint density at radius 1 is 0.353 bits per heavy atom. The Morgan fingerprint density at radius 3 is 1.18 bits per heavy atom. The molecular formula is C82H99N3. The van der Waals surface area contributed by atoms with Crippen LogP contribution in [-0.2, 0) is 43.9 Å². The summed E-state index contributed by atoms with van der Waals surface area (Å²) in [5, 5.41) is 3.82. The Bertz CT molecular complexity index is 3440. The van der Waals surface area contributed by atoms with Gasteiger partial charge in [0.2, 0.25) is 0 Å². The molecule has 0 aliphatic heterocycles. The van der Waals surface area contributed by atoms with Gasteiger partial charge in [-0.15, -0.1) is 0 Å². The highest BCUT2D eigenvalue weighted by atomic mass is 15.2. The average Bonchev–Trinajstić information content (AvgIpc) is 1.64. The predicted molar refractivity (Wildman–Crippen MR) is 368 cm³/mol. The molecule has 0 saturated carbocycles. The average molecular weight is 1130 g/mol. The third-order valence-corrected chi connectivity index (χ3v) is 19.9. The summed E-state index contributed by atoms with van der Waals surface area (Å²) in [6, 6.07) is 57.9. The van der Waals surface area contributed by atoms with Gasteiger partial charge in [-0.3, -0.25) is 0 Å². The van der Waals surface area contributed by atoms with E-state index in [1.165, 1.54) is 242 Å². The SMILES string of the molecule is CCCCCCNc1cc(C)c(N(c2ccc(C)cc2)c2ccc3c(c2)C(CCCCCCCCc2ccc4c(c2)CC4)(CCCCCCCCc2ccc4c(c2)CC4)c2cc(N(c4ccc(C)cc4)c4c(C)cc(C)cc4C)ccc2-3)c(C)c1. The van der Waals surface area contributed by atoms with Gasteiger partial charge < -0.3 is 15.1 Å². The van der Waals surface area contributed by atoms with E-state index in [9.17, 15) is 0 Å². The van der Waals surface area contributed by atoms with Crippen LogP contribution in [0.15, 0.2) is 146 Å². The fourth-order valence-corrected chi connectivity index (χ4v) is 15.1. The van der Waals surface area contributed by atoms with Crippen molar-refractivity contribution in [1.29, 1.82) is 0 Å². The van der Waals surface area contributed by atoms with Gasteiger partial charge in [0, 0.05) is 40.4 Å². The third-order valence-electron chi connectivity index (χ3n) is 19.9. The normalized spacial score (nSPS) is 13.4. The quantitative estimate of drug-likeness (QED) is 0.0453. The molecule has 0 amide bonds. The van der Waals surface area contributed by atoms with Crippen molar-refractivity contribution < 1.29 is 0 Å². The van der Waals surface area contributed by atoms with Crippen LogP contribution in [0.5, 0.6) is 0 Å². The van der Waals surface area contributed by atoms with Crippen LogP contribution in [0.3, 0.4) is 0 Å². The smallest absolute Gasteiger partial charge is 0.0521 e. The number of hydrogen-bond acceptors (Lipinski definition) is 3. The minimum Gasteiger partial charge on any atom is -0.385 e. The molecule has 0 heterocycles. The molecule has 3 aliphatic rings. The lowest BCUT2D eigenvalue weighted by Crippen LogP contribution is -2.26. The van der Waals surface area contributed by atoms with E-state index in [1.807, 2.05) is 0 Å². The van der Waals surface area contributed by atoms with Crippen LogP contribution in [-0.4, -0.2) is 6.54 Å². The first-order valence-electron chi connectivity index (χ1n) is 33.6. The van der Waals surface area contributed by atoms with Crippen molar-refractivity contribution in [1.82, 2.24) is 0 Å². The molecule has 0 aromatic heterocycles. The highest BCUT2D eigenvalue weighted by Crippen LogP contribution is 2.57. The van der Waals surface area contributed by atoms with Gasteiger partial charge in [0.1, 0.15) is 0 Å². The van der Waals surface area contributed by atoms with Gasteiger partial charge in [-0.25, -0.2) is 0 Å². The molecule has 0 unspecified atom stereocenters. The summed E-state index contributed by atoms with van der Waals surface area (Å²) in [4.78, 5) is 5.18. The number of hydrogen-bond donors (Lipinski definition) is 1. The molecule has 0 saturated heterocycles. The van der Waals surface area contributed by atoms with E-state index in [1.54, 1.807) is 33.4 Å². The van der Waals surface area contributed by atoms with E-state index < -0.39 is 0 Å². The van der Waals surface area contributed by atoms with Crippen LogP contribution < -0.4 is 15.1 Å². The molecule has 442 valence electrons. The number of benzene rings is 8. The highest BCUT2D eigenvalue weighted by Gasteiger charge is 2.43. The van der Waals surface area contributed by atoms with Gasteiger partial charge in [-0.2, -0.15) is 0 Å². The van der Waals surface area contributed by atoms with Crippen molar-refractivity contribution in [2.24, 2.45) is 0 Å². The molecule has 3 heteroatoms. The maximum atomic E-state index is 3.82. The monoisotopic (exact) mass is 1130 g/mol. The van der Waals surface area contributed by atoms with Gasteiger partial charge >= 0.3 is 0 Å². The lowest BCUT2D eigenvalue weighted by molar-refractivity contribution is 0.397. The molecule has 0 spiro atoms. The summed E-state index contributed by atoms with van der Waals surface area (Å²) in [6.07, 6.45) is 30.2. The van der Waals surface area contributed by atoms with E-state index in [-0.39, 0.29) is 5.41 Å². The van der Waals surface area contributed by atoms with Crippen molar-refractivity contribution in [2.75, 3.05) is 21.7 Å². The first-order chi connectivity index (χ1) is 41.5. The zero-order valence-corrected chi connectivity index (χ0v) is 53.4.